The fraction of sp³-hybridized carbons (Fsp3) is 0.533. The van der Waals surface area contributed by atoms with Gasteiger partial charge in [-0.1, -0.05) is 6.42 Å². The first-order valence-electron chi connectivity index (χ1n) is 7.58. The molecule has 0 amide bonds. The Morgan fingerprint density at radius 1 is 1.45 bits per heavy atom. The Morgan fingerprint density at radius 2 is 2.27 bits per heavy atom. The van der Waals surface area contributed by atoms with Crippen LogP contribution in [0.25, 0.3) is 11.0 Å². The first kappa shape index (κ1) is 13.8. The lowest BCUT2D eigenvalue weighted by Crippen LogP contribution is -2.26. The molecule has 2 N–H and O–H groups in total. The number of anilines is 1. The van der Waals surface area contributed by atoms with Gasteiger partial charge in [0.25, 0.3) is 0 Å². The van der Waals surface area contributed by atoms with Crippen LogP contribution in [0.1, 0.15) is 32.1 Å². The zero-order valence-electron chi connectivity index (χ0n) is 12.0. The van der Waals surface area contributed by atoms with Crippen molar-refractivity contribution in [2.24, 2.45) is 5.41 Å². The van der Waals surface area contributed by atoms with E-state index in [1.165, 1.54) is 25.7 Å². The van der Waals surface area contributed by atoms with Gasteiger partial charge in [0.1, 0.15) is 12.1 Å². The van der Waals surface area contributed by atoms with Gasteiger partial charge in [0.15, 0.2) is 5.82 Å². The predicted molar refractivity (Wildman–Crippen MR) is 83.1 cm³/mol. The third-order valence-corrected chi connectivity index (χ3v) is 5.17. The summed E-state index contributed by atoms with van der Waals surface area (Å²) in [6, 6.07) is 2.17. The van der Waals surface area contributed by atoms with Crippen molar-refractivity contribution in [3.8, 4) is 0 Å². The van der Waals surface area contributed by atoms with Crippen molar-refractivity contribution in [2.75, 3.05) is 5.32 Å². The van der Waals surface area contributed by atoms with Crippen LogP contribution in [0.15, 0.2) is 12.3 Å². The van der Waals surface area contributed by atoms with E-state index in [4.69, 9.17) is 16.7 Å². The molecule has 7 heteroatoms. The van der Waals surface area contributed by atoms with Gasteiger partial charge >= 0.3 is 5.97 Å². The zero-order chi connectivity index (χ0) is 15.3. The Bertz CT molecular complexity index is 753. The van der Waals surface area contributed by atoms with Crippen LogP contribution < -0.4 is 5.32 Å². The van der Waals surface area contributed by atoms with Gasteiger partial charge in [0.05, 0.1) is 5.52 Å². The summed E-state index contributed by atoms with van der Waals surface area (Å²) in [6.45, 7) is -0.112. The molecular weight excluding hydrogens is 304 g/mol. The quantitative estimate of drug-likeness (QED) is 0.847. The van der Waals surface area contributed by atoms with Gasteiger partial charge in [-0.25, -0.2) is 4.98 Å². The van der Waals surface area contributed by atoms with E-state index in [0.29, 0.717) is 22.8 Å². The number of halogens is 1. The first-order valence-corrected chi connectivity index (χ1v) is 7.96. The smallest absolute Gasteiger partial charge is 0.323 e. The van der Waals surface area contributed by atoms with Gasteiger partial charge in [-0.3, -0.25) is 4.79 Å². The minimum absolute atomic E-state index is 0.112. The molecule has 0 saturated heterocycles. The summed E-state index contributed by atoms with van der Waals surface area (Å²) in [5.74, 6) is -0.239. The third kappa shape index (κ3) is 2.22. The molecule has 4 rings (SSSR count). The van der Waals surface area contributed by atoms with E-state index in [2.05, 4.69) is 15.3 Å². The lowest BCUT2D eigenvalue weighted by Gasteiger charge is -2.21. The largest absolute Gasteiger partial charge is 0.480 e. The number of aliphatic carboxylic acids is 1. The fourth-order valence-corrected chi connectivity index (χ4v) is 3.92. The van der Waals surface area contributed by atoms with E-state index in [1.807, 2.05) is 0 Å². The second-order valence-electron chi connectivity index (χ2n) is 6.36. The molecule has 6 nitrogen and oxygen atoms in total. The number of nitrogens with zero attached hydrogens (tertiary/aromatic N) is 3. The third-order valence-electron chi connectivity index (χ3n) is 5.00. The minimum atomic E-state index is -0.891. The van der Waals surface area contributed by atoms with Crippen LogP contribution in [0.3, 0.4) is 0 Å². The van der Waals surface area contributed by atoms with Crippen molar-refractivity contribution in [1.29, 1.82) is 0 Å². The molecule has 1 atom stereocenters. The van der Waals surface area contributed by atoms with Gasteiger partial charge < -0.3 is 15.0 Å². The van der Waals surface area contributed by atoms with Crippen molar-refractivity contribution in [2.45, 2.75) is 44.7 Å². The Morgan fingerprint density at radius 3 is 3.00 bits per heavy atom. The van der Waals surface area contributed by atoms with Crippen molar-refractivity contribution < 1.29 is 9.90 Å². The van der Waals surface area contributed by atoms with Crippen LogP contribution in [-0.2, 0) is 11.3 Å². The van der Waals surface area contributed by atoms with Crippen molar-refractivity contribution >= 4 is 34.4 Å². The monoisotopic (exact) mass is 320 g/mol. The molecule has 2 aromatic rings. The van der Waals surface area contributed by atoms with Crippen LogP contribution in [0.2, 0.25) is 5.28 Å². The number of nitrogens with one attached hydrogen (secondary N) is 1. The molecule has 1 spiro atoms. The summed E-state index contributed by atoms with van der Waals surface area (Å²) >= 11 is 6.02. The number of rotatable bonds is 4. The van der Waals surface area contributed by atoms with Gasteiger partial charge in [0.2, 0.25) is 5.28 Å². The van der Waals surface area contributed by atoms with Crippen molar-refractivity contribution in [3.05, 3.63) is 17.5 Å². The van der Waals surface area contributed by atoms with E-state index in [0.717, 1.165) is 11.9 Å². The number of carboxylic acids is 1. The average molecular weight is 321 g/mol. The summed E-state index contributed by atoms with van der Waals surface area (Å²) in [5.41, 5.74) is 1.81. The molecule has 2 saturated carbocycles. The van der Waals surface area contributed by atoms with Crippen LogP contribution in [0.5, 0.6) is 0 Å². The van der Waals surface area contributed by atoms with Gasteiger partial charge in [0, 0.05) is 12.2 Å². The molecule has 0 aliphatic heterocycles. The van der Waals surface area contributed by atoms with Crippen molar-refractivity contribution in [3.63, 3.8) is 0 Å². The maximum absolute atomic E-state index is 11.0. The predicted octanol–water partition coefficient (Wildman–Crippen LogP) is 2.91. The average Bonchev–Trinajstić information content (AvgIpc) is 2.97. The number of carbonyl (C=O) groups is 1. The summed E-state index contributed by atoms with van der Waals surface area (Å²) in [6.07, 6.45) is 7.88. The lowest BCUT2D eigenvalue weighted by atomic mass is 10.0. The maximum Gasteiger partial charge on any atom is 0.323 e. The van der Waals surface area contributed by atoms with Crippen LogP contribution >= 0.6 is 11.6 Å². The van der Waals surface area contributed by atoms with E-state index < -0.39 is 5.97 Å². The molecule has 2 aliphatic carbocycles. The summed E-state index contributed by atoms with van der Waals surface area (Å²) < 4.78 is 1.66. The highest BCUT2D eigenvalue weighted by atomic mass is 35.5. The van der Waals surface area contributed by atoms with Crippen LogP contribution in [0.4, 0.5) is 5.82 Å². The lowest BCUT2D eigenvalue weighted by molar-refractivity contribution is -0.137. The second kappa shape index (κ2) is 4.84. The van der Waals surface area contributed by atoms with E-state index in [-0.39, 0.29) is 11.8 Å². The zero-order valence-corrected chi connectivity index (χ0v) is 12.8. The van der Waals surface area contributed by atoms with Gasteiger partial charge in [-0.15, -0.1) is 0 Å². The highest BCUT2D eigenvalue weighted by Gasteiger charge is 2.52. The van der Waals surface area contributed by atoms with Crippen molar-refractivity contribution in [1.82, 2.24) is 14.5 Å². The van der Waals surface area contributed by atoms with E-state index in [1.54, 1.807) is 16.8 Å². The fourth-order valence-electron chi connectivity index (χ4n) is 3.74. The Labute approximate surface area is 132 Å². The van der Waals surface area contributed by atoms with Gasteiger partial charge in [-0.2, -0.15) is 4.98 Å². The van der Waals surface area contributed by atoms with E-state index in [9.17, 15) is 4.79 Å². The second-order valence-corrected chi connectivity index (χ2v) is 6.70. The summed E-state index contributed by atoms with van der Waals surface area (Å²) in [7, 11) is 0. The van der Waals surface area contributed by atoms with E-state index >= 15 is 0 Å². The Hall–Kier alpha value is -1.82. The number of fused-ring (bicyclic) bond motifs is 1. The number of hydrogen-bond acceptors (Lipinski definition) is 4. The highest BCUT2D eigenvalue weighted by Crippen LogP contribution is 2.58. The minimum Gasteiger partial charge on any atom is -0.480 e. The number of aromatic nitrogens is 3. The SMILES string of the molecule is O=C(O)Cn1ccc2nc(Cl)nc(NC3CCCC34CC4)c21. The molecular formula is C15H17ClN4O2. The molecule has 22 heavy (non-hydrogen) atoms. The summed E-state index contributed by atoms with van der Waals surface area (Å²) in [4.78, 5) is 19.6. The molecule has 0 radical (unpaired) electrons. The van der Waals surface area contributed by atoms with Crippen LogP contribution in [-0.4, -0.2) is 31.7 Å². The molecule has 2 fully saturated rings. The molecule has 2 heterocycles. The Balaban J connectivity index is 1.74. The molecule has 116 valence electrons. The number of hydrogen-bond donors (Lipinski definition) is 2. The Kier molecular flexibility index (Phi) is 3.04. The van der Waals surface area contributed by atoms with Crippen LogP contribution in [0, 0.1) is 5.41 Å². The molecule has 2 aliphatic rings. The topological polar surface area (TPSA) is 80.0 Å². The normalized spacial score (nSPS) is 22.3. The summed E-state index contributed by atoms with van der Waals surface area (Å²) in [5, 5.41) is 12.8. The number of carboxylic acid groups (broad SMARTS) is 1. The molecule has 1 unspecified atom stereocenters. The standard InChI is InChI=1S/C15H17ClN4O2/c16-14-17-9-3-7-20(8-11(21)22)12(9)13(19-14)18-10-2-1-4-15(10)5-6-15/h3,7,10H,1-2,4-6,8H2,(H,21,22)(H,17,18,19). The van der Waals surface area contributed by atoms with Gasteiger partial charge in [-0.05, 0) is 48.8 Å². The maximum atomic E-state index is 11.0. The highest BCUT2D eigenvalue weighted by molar-refractivity contribution is 6.28. The molecule has 2 aromatic heterocycles. The first-order chi connectivity index (χ1) is 10.6. The molecule has 0 aromatic carbocycles. The molecule has 0 bridgehead atoms.